The number of pyridine rings is 1. The van der Waals surface area contributed by atoms with E-state index in [1.54, 1.807) is 23.2 Å². The number of amides is 1. The third kappa shape index (κ3) is 4.53. The van der Waals surface area contributed by atoms with Crippen LogP contribution >= 0.6 is 0 Å². The van der Waals surface area contributed by atoms with Gasteiger partial charge in [0.15, 0.2) is 0 Å². The minimum absolute atomic E-state index is 0.0465. The van der Waals surface area contributed by atoms with E-state index < -0.39 is 12.0 Å². The Bertz CT molecular complexity index is 486. The van der Waals surface area contributed by atoms with Crippen molar-refractivity contribution in [3.05, 3.63) is 23.9 Å². The van der Waals surface area contributed by atoms with Crippen LogP contribution in [-0.4, -0.2) is 42.1 Å². The van der Waals surface area contributed by atoms with Crippen LogP contribution in [0.3, 0.4) is 0 Å². The van der Waals surface area contributed by atoms with Gasteiger partial charge in [0.1, 0.15) is 5.82 Å². The number of carboxylic acids is 1. The maximum atomic E-state index is 12.2. The fraction of sp³-hybridized carbons (Fsp3) is 0.500. The highest BCUT2D eigenvalue weighted by Gasteiger charge is 2.20. The van der Waals surface area contributed by atoms with Crippen molar-refractivity contribution in [1.29, 1.82) is 0 Å². The van der Waals surface area contributed by atoms with Gasteiger partial charge >= 0.3 is 5.97 Å². The second-order valence-electron chi connectivity index (χ2n) is 5.22. The van der Waals surface area contributed by atoms with Crippen molar-refractivity contribution in [3.63, 3.8) is 0 Å². The number of rotatable bonds is 6. The van der Waals surface area contributed by atoms with Gasteiger partial charge in [-0.15, -0.1) is 0 Å². The molecule has 0 saturated heterocycles. The lowest BCUT2D eigenvalue weighted by Gasteiger charge is -2.21. The van der Waals surface area contributed by atoms with Crippen LogP contribution in [0.5, 0.6) is 0 Å². The van der Waals surface area contributed by atoms with Crippen molar-refractivity contribution in [2.24, 2.45) is 5.92 Å². The molecule has 0 aliphatic heterocycles. The Hall–Kier alpha value is -2.11. The lowest BCUT2D eigenvalue weighted by Crippen LogP contribution is -2.40. The van der Waals surface area contributed by atoms with Crippen molar-refractivity contribution >= 4 is 17.7 Å². The molecule has 0 bridgehead atoms. The first-order valence-electron chi connectivity index (χ1n) is 6.47. The monoisotopic (exact) mass is 279 g/mol. The number of aromatic nitrogens is 1. The number of anilines is 1. The molecular weight excluding hydrogens is 258 g/mol. The molecule has 6 nitrogen and oxygen atoms in total. The van der Waals surface area contributed by atoms with Crippen LogP contribution in [-0.2, 0) is 4.79 Å². The summed E-state index contributed by atoms with van der Waals surface area (Å²) in [6, 6.07) is 2.89. The Morgan fingerprint density at radius 2 is 2.05 bits per heavy atom. The summed E-state index contributed by atoms with van der Waals surface area (Å²) in [4.78, 5) is 28.9. The molecule has 110 valence electrons. The van der Waals surface area contributed by atoms with Gasteiger partial charge in [0.25, 0.3) is 5.91 Å². The zero-order chi connectivity index (χ0) is 15.3. The molecule has 0 radical (unpaired) electrons. The zero-order valence-electron chi connectivity index (χ0n) is 12.3. The van der Waals surface area contributed by atoms with E-state index in [0.29, 0.717) is 11.4 Å². The summed E-state index contributed by atoms with van der Waals surface area (Å²) in [5.41, 5.74) is 0.472. The average molecular weight is 279 g/mol. The van der Waals surface area contributed by atoms with E-state index in [1.165, 1.54) is 0 Å². The molecule has 0 aliphatic rings. The molecule has 1 atom stereocenters. The van der Waals surface area contributed by atoms with Gasteiger partial charge in [-0.2, -0.15) is 0 Å². The number of hydrogen-bond acceptors (Lipinski definition) is 4. The SMILES string of the molecule is CC(C)C(CC(=O)O)NC(=O)c1ccnc(N(C)C)c1. The summed E-state index contributed by atoms with van der Waals surface area (Å²) in [7, 11) is 3.68. The highest BCUT2D eigenvalue weighted by Crippen LogP contribution is 2.12. The molecule has 1 amide bonds. The summed E-state index contributed by atoms with van der Waals surface area (Å²) in [5.74, 6) is -0.481. The molecule has 6 heteroatoms. The first-order chi connectivity index (χ1) is 9.31. The Morgan fingerprint density at radius 1 is 1.40 bits per heavy atom. The summed E-state index contributed by atoms with van der Waals surface area (Å²) in [6.07, 6.45) is 1.47. The number of carboxylic acid groups (broad SMARTS) is 1. The predicted molar refractivity (Wildman–Crippen MR) is 76.9 cm³/mol. The van der Waals surface area contributed by atoms with Crippen LogP contribution in [0.4, 0.5) is 5.82 Å². The van der Waals surface area contributed by atoms with Gasteiger partial charge in [-0.05, 0) is 18.1 Å². The minimum Gasteiger partial charge on any atom is -0.481 e. The topological polar surface area (TPSA) is 82.5 Å². The first-order valence-corrected chi connectivity index (χ1v) is 6.47. The van der Waals surface area contributed by atoms with Crippen LogP contribution in [0.2, 0.25) is 0 Å². The lowest BCUT2D eigenvalue weighted by atomic mass is 10.0. The normalized spacial score (nSPS) is 12.1. The number of carbonyl (C=O) groups is 2. The summed E-state index contributed by atoms with van der Waals surface area (Å²) >= 11 is 0. The third-order valence-electron chi connectivity index (χ3n) is 2.98. The summed E-state index contributed by atoms with van der Waals surface area (Å²) in [5, 5.41) is 11.6. The van der Waals surface area contributed by atoms with Gasteiger partial charge in [-0.1, -0.05) is 13.8 Å². The van der Waals surface area contributed by atoms with E-state index in [0.717, 1.165) is 0 Å². The Labute approximate surface area is 118 Å². The molecule has 1 unspecified atom stereocenters. The summed E-state index contributed by atoms with van der Waals surface area (Å²) in [6.45, 7) is 3.76. The van der Waals surface area contributed by atoms with E-state index in [1.807, 2.05) is 27.9 Å². The van der Waals surface area contributed by atoms with Crippen LogP contribution in [0, 0.1) is 5.92 Å². The molecule has 0 saturated carbocycles. The average Bonchev–Trinajstić information content (AvgIpc) is 2.37. The highest BCUT2D eigenvalue weighted by atomic mass is 16.4. The predicted octanol–water partition coefficient (Wildman–Crippen LogP) is 1.38. The van der Waals surface area contributed by atoms with E-state index in [-0.39, 0.29) is 18.2 Å². The standard InChI is InChI=1S/C14H21N3O3/c1-9(2)11(8-13(18)19)16-14(20)10-5-6-15-12(7-10)17(3)4/h5-7,9,11H,8H2,1-4H3,(H,16,20)(H,18,19). The second kappa shape index (κ2) is 6.88. The fourth-order valence-electron chi connectivity index (χ4n) is 1.70. The minimum atomic E-state index is -0.923. The van der Waals surface area contributed by atoms with Gasteiger partial charge in [-0.25, -0.2) is 4.98 Å². The molecule has 0 aliphatic carbocycles. The fourth-order valence-corrected chi connectivity index (χ4v) is 1.70. The van der Waals surface area contributed by atoms with Crippen LogP contribution in [0.1, 0.15) is 30.6 Å². The highest BCUT2D eigenvalue weighted by molar-refractivity contribution is 5.95. The van der Waals surface area contributed by atoms with Crippen molar-refractivity contribution in [2.75, 3.05) is 19.0 Å². The van der Waals surface area contributed by atoms with E-state index in [4.69, 9.17) is 5.11 Å². The molecule has 1 rings (SSSR count). The van der Waals surface area contributed by atoms with Crippen molar-refractivity contribution < 1.29 is 14.7 Å². The van der Waals surface area contributed by atoms with Crippen molar-refractivity contribution in [2.45, 2.75) is 26.3 Å². The lowest BCUT2D eigenvalue weighted by molar-refractivity contribution is -0.137. The molecule has 0 spiro atoms. The maximum Gasteiger partial charge on any atom is 0.305 e. The van der Waals surface area contributed by atoms with Gasteiger partial charge in [0, 0.05) is 31.9 Å². The van der Waals surface area contributed by atoms with Gasteiger partial charge < -0.3 is 15.3 Å². The van der Waals surface area contributed by atoms with Gasteiger partial charge in [0.2, 0.25) is 0 Å². The first kappa shape index (κ1) is 15.9. The molecular formula is C14H21N3O3. The van der Waals surface area contributed by atoms with Crippen molar-refractivity contribution in [1.82, 2.24) is 10.3 Å². The Kier molecular flexibility index (Phi) is 5.49. The zero-order valence-corrected chi connectivity index (χ0v) is 12.3. The molecule has 20 heavy (non-hydrogen) atoms. The van der Waals surface area contributed by atoms with Crippen LogP contribution < -0.4 is 10.2 Å². The molecule has 0 aromatic carbocycles. The largest absolute Gasteiger partial charge is 0.481 e. The molecule has 0 fully saturated rings. The van der Waals surface area contributed by atoms with Gasteiger partial charge in [-0.3, -0.25) is 9.59 Å². The Morgan fingerprint density at radius 3 is 2.55 bits per heavy atom. The number of nitrogens with zero attached hydrogens (tertiary/aromatic N) is 2. The van der Waals surface area contributed by atoms with Gasteiger partial charge in [0.05, 0.1) is 6.42 Å². The van der Waals surface area contributed by atoms with E-state index in [9.17, 15) is 9.59 Å². The van der Waals surface area contributed by atoms with E-state index in [2.05, 4.69) is 10.3 Å². The molecule has 1 aromatic heterocycles. The molecule has 1 aromatic rings. The number of nitrogens with one attached hydrogen (secondary N) is 1. The van der Waals surface area contributed by atoms with Crippen LogP contribution in [0.15, 0.2) is 18.3 Å². The number of carbonyl (C=O) groups excluding carboxylic acids is 1. The quantitative estimate of drug-likeness (QED) is 0.822. The summed E-state index contributed by atoms with van der Waals surface area (Å²) < 4.78 is 0. The number of hydrogen-bond donors (Lipinski definition) is 2. The number of aliphatic carboxylic acids is 1. The smallest absolute Gasteiger partial charge is 0.305 e. The third-order valence-corrected chi connectivity index (χ3v) is 2.98. The van der Waals surface area contributed by atoms with E-state index >= 15 is 0 Å². The maximum absolute atomic E-state index is 12.2. The molecule has 1 heterocycles. The van der Waals surface area contributed by atoms with Crippen molar-refractivity contribution in [3.8, 4) is 0 Å². The van der Waals surface area contributed by atoms with Crippen LogP contribution in [0.25, 0.3) is 0 Å². The Balaban J connectivity index is 2.83. The molecule has 2 N–H and O–H groups in total. The second-order valence-corrected chi connectivity index (χ2v) is 5.22.